The summed E-state index contributed by atoms with van der Waals surface area (Å²) in [5.74, 6) is -2.19. The van der Waals surface area contributed by atoms with Crippen LogP contribution in [-0.4, -0.2) is 47.8 Å². The van der Waals surface area contributed by atoms with Crippen molar-refractivity contribution in [2.45, 2.75) is 32.4 Å². The Morgan fingerprint density at radius 1 is 1.17 bits per heavy atom. The third-order valence-corrected chi connectivity index (χ3v) is 3.80. The molecular weight excluding hydrogens is 300 g/mol. The molecule has 2 atom stereocenters. The molecule has 0 aliphatic carbocycles. The Morgan fingerprint density at radius 2 is 1.70 bits per heavy atom. The van der Waals surface area contributed by atoms with E-state index in [1.165, 1.54) is 14.0 Å². The topological polar surface area (TPSA) is 92.8 Å². The van der Waals surface area contributed by atoms with Gasteiger partial charge in [-0.15, -0.1) is 0 Å². The average molecular weight is 318 g/mol. The summed E-state index contributed by atoms with van der Waals surface area (Å²) in [7, 11) is 1.23. The number of rotatable bonds is 5. The summed E-state index contributed by atoms with van der Waals surface area (Å²) >= 11 is 0. The molecule has 1 heterocycles. The van der Waals surface area contributed by atoms with Gasteiger partial charge >= 0.3 is 5.97 Å². The van der Waals surface area contributed by atoms with Gasteiger partial charge in [0.2, 0.25) is 5.91 Å². The summed E-state index contributed by atoms with van der Waals surface area (Å²) in [6.45, 7) is 3.16. The van der Waals surface area contributed by atoms with Gasteiger partial charge in [-0.05, 0) is 25.5 Å². The molecule has 7 nitrogen and oxygen atoms in total. The number of amides is 3. The predicted octanol–water partition coefficient (Wildman–Crippen LogP) is 0.739. The molecule has 23 heavy (non-hydrogen) atoms. The fraction of sp³-hybridized carbons (Fsp3) is 0.375. The van der Waals surface area contributed by atoms with Crippen molar-refractivity contribution in [2.75, 3.05) is 7.11 Å². The van der Waals surface area contributed by atoms with E-state index in [1.807, 2.05) is 0 Å². The highest BCUT2D eigenvalue weighted by Crippen LogP contribution is 2.24. The molecule has 1 aromatic rings. The maximum Gasteiger partial charge on any atom is 0.328 e. The Kier molecular flexibility index (Phi) is 4.78. The van der Waals surface area contributed by atoms with Gasteiger partial charge in [0.15, 0.2) is 0 Å². The zero-order chi connectivity index (χ0) is 17.1. The second kappa shape index (κ2) is 6.60. The molecule has 0 saturated heterocycles. The van der Waals surface area contributed by atoms with Gasteiger partial charge < -0.3 is 10.1 Å². The van der Waals surface area contributed by atoms with E-state index in [1.54, 1.807) is 31.2 Å². The summed E-state index contributed by atoms with van der Waals surface area (Å²) in [6.07, 6.45) is 0.341. The highest BCUT2D eigenvalue weighted by Gasteiger charge is 2.41. The highest BCUT2D eigenvalue weighted by molar-refractivity contribution is 6.22. The van der Waals surface area contributed by atoms with Crippen LogP contribution in [0.3, 0.4) is 0 Å². The van der Waals surface area contributed by atoms with Crippen molar-refractivity contribution in [1.29, 1.82) is 0 Å². The first-order valence-electron chi connectivity index (χ1n) is 7.27. The maximum atomic E-state index is 12.3. The molecule has 0 radical (unpaired) electrons. The molecule has 0 bridgehead atoms. The van der Waals surface area contributed by atoms with E-state index in [9.17, 15) is 19.2 Å². The number of methoxy groups -OCH3 is 1. The lowest BCUT2D eigenvalue weighted by Gasteiger charge is -2.23. The number of benzene rings is 1. The van der Waals surface area contributed by atoms with Crippen molar-refractivity contribution >= 4 is 23.7 Å². The molecule has 0 spiro atoms. The van der Waals surface area contributed by atoms with Crippen LogP contribution in [0.4, 0.5) is 0 Å². The van der Waals surface area contributed by atoms with Gasteiger partial charge in [-0.2, -0.15) is 0 Å². The van der Waals surface area contributed by atoms with Crippen LogP contribution < -0.4 is 5.32 Å². The van der Waals surface area contributed by atoms with Crippen LogP contribution in [-0.2, 0) is 14.3 Å². The number of ether oxygens (including phenoxy) is 1. The van der Waals surface area contributed by atoms with E-state index >= 15 is 0 Å². The summed E-state index contributed by atoms with van der Waals surface area (Å²) < 4.78 is 4.60. The van der Waals surface area contributed by atoms with Gasteiger partial charge in [-0.25, -0.2) is 4.79 Å². The lowest BCUT2D eigenvalue weighted by Crippen LogP contribution is -2.52. The van der Waals surface area contributed by atoms with Crippen LogP contribution in [0, 0.1) is 0 Å². The first-order chi connectivity index (χ1) is 10.9. The largest absolute Gasteiger partial charge is 0.467 e. The first-order valence-corrected chi connectivity index (χ1v) is 7.27. The molecule has 1 aliphatic rings. The number of nitrogens with zero attached hydrogens (tertiary/aromatic N) is 1. The molecule has 0 saturated carbocycles. The van der Waals surface area contributed by atoms with Gasteiger partial charge in [0, 0.05) is 0 Å². The van der Waals surface area contributed by atoms with Crippen LogP contribution in [0.15, 0.2) is 24.3 Å². The Hall–Kier alpha value is -2.70. The van der Waals surface area contributed by atoms with E-state index in [0.29, 0.717) is 6.42 Å². The second-order valence-electron chi connectivity index (χ2n) is 5.19. The van der Waals surface area contributed by atoms with Crippen molar-refractivity contribution < 1.29 is 23.9 Å². The summed E-state index contributed by atoms with van der Waals surface area (Å²) in [6, 6.07) is 4.56. The SMILES string of the molecule is CCC(NC(=O)C(C)N1C(=O)c2ccccc2C1=O)C(=O)OC. The van der Waals surface area contributed by atoms with E-state index < -0.39 is 35.8 Å². The summed E-state index contributed by atoms with van der Waals surface area (Å²) in [4.78, 5) is 49.4. The summed E-state index contributed by atoms with van der Waals surface area (Å²) in [5.41, 5.74) is 0.550. The quantitative estimate of drug-likeness (QED) is 0.638. The normalized spacial score (nSPS) is 15.9. The molecular formula is C16H18N2O5. The molecule has 1 aromatic carbocycles. The average Bonchev–Trinajstić information content (AvgIpc) is 2.82. The van der Waals surface area contributed by atoms with Crippen molar-refractivity contribution in [1.82, 2.24) is 10.2 Å². The van der Waals surface area contributed by atoms with Gasteiger partial charge in [0.25, 0.3) is 11.8 Å². The molecule has 7 heteroatoms. The van der Waals surface area contributed by atoms with Crippen molar-refractivity contribution in [2.24, 2.45) is 0 Å². The van der Waals surface area contributed by atoms with Crippen molar-refractivity contribution in [3.63, 3.8) is 0 Å². The Balaban J connectivity index is 2.17. The summed E-state index contributed by atoms with van der Waals surface area (Å²) in [5, 5.41) is 2.50. The third kappa shape index (κ3) is 2.94. The zero-order valence-corrected chi connectivity index (χ0v) is 13.2. The lowest BCUT2D eigenvalue weighted by atomic mass is 10.1. The van der Waals surface area contributed by atoms with Gasteiger partial charge in [0.05, 0.1) is 18.2 Å². The van der Waals surface area contributed by atoms with Crippen LogP contribution in [0.5, 0.6) is 0 Å². The zero-order valence-electron chi connectivity index (χ0n) is 13.2. The Morgan fingerprint density at radius 3 is 2.13 bits per heavy atom. The van der Waals surface area contributed by atoms with Crippen molar-refractivity contribution in [3.05, 3.63) is 35.4 Å². The maximum absolute atomic E-state index is 12.3. The number of fused-ring (bicyclic) bond motifs is 1. The molecule has 2 unspecified atom stereocenters. The highest BCUT2D eigenvalue weighted by atomic mass is 16.5. The molecule has 1 aliphatic heterocycles. The lowest BCUT2D eigenvalue weighted by molar-refractivity contribution is -0.145. The van der Waals surface area contributed by atoms with E-state index in [0.717, 1.165) is 4.90 Å². The predicted molar refractivity (Wildman–Crippen MR) is 80.6 cm³/mol. The number of imide groups is 1. The van der Waals surface area contributed by atoms with E-state index in [2.05, 4.69) is 10.1 Å². The van der Waals surface area contributed by atoms with Gasteiger partial charge in [0.1, 0.15) is 12.1 Å². The molecule has 0 fully saturated rings. The van der Waals surface area contributed by atoms with Crippen LogP contribution >= 0.6 is 0 Å². The standard InChI is InChI=1S/C16H18N2O5/c1-4-12(16(22)23-3)17-13(19)9(2)18-14(20)10-7-5-6-8-11(10)15(18)21/h5-9,12H,4H2,1-3H3,(H,17,19). The van der Waals surface area contributed by atoms with Crippen LogP contribution in [0.1, 0.15) is 41.0 Å². The van der Waals surface area contributed by atoms with E-state index in [-0.39, 0.29) is 11.1 Å². The monoisotopic (exact) mass is 318 g/mol. The van der Waals surface area contributed by atoms with Crippen LogP contribution in [0.2, 0.25) is 0 Å². The molecule has 0 aromatic heterocycles. The fourth-order valence-electron chi connectivity index (χ4n) is 2.44. The molecule has 1 N–H and O–H groups in total. The number of carbonyl (C=O) groups excluding carboxylic acids is 4. The number of nitrogens with one attached hydrogen (secondary N) is 1. The second-order valence-corrected chi connectivity index (χ2v) is 5.19. The number of carbonyl (C=O) groups is 4. The fourth-order valence-corrected chi connectivity index (χ4v) is 2.44. The Bertz CT molecular complexity index is 635. The van der Waals surface area contributed by atoms with Gasteiger partial charge in [-0.1, -0.05) is 19.1 Å². The van der Waals surface area contributed by atoms with Crippen LogP contribution in [0.25, 0.3) is 0 Å². The number of hydrogen-bond donors (Lipinski definition) is 1. The number of hydrogen-bond acceptors (Lipinski definition) is 5. The third-order valence-electron chi connectivity index (χ3n) is 3.80. The minimum absolute atomic E-state index is 0.275. The Labute approximate surface area is 133 Å². The van der Waals surface area contributed by atoms with Gasteiger partial charge in [-0.3, -0.25) is 19.3 Å². The minimum Gasteiger partial charge on any atom is -0.467 e. The number of esters is 1. The molecule has 122 valence electrons. The van der Waals surface area contributed by atoms with Crippen molar-refractivity contribution in [3.8, 4) is 0 Å². The smallest absolute Gasteiger partial charge is 0.328 e. The molecule has 3 amide bonds. The first kappa shape index (κ1) is 16.7. The van der Waals surface area contributed by atoms with E-state index in [4.69, 9.17) is 0 Å². The molecule has 2 rings (SSSR count). The minimum atomic E-state index is -1.03.